The van der Waals surface area contributed by atoms with Crippen LogP contribution in [0, 0.1) is 0 Å². The zero-order valence-corrected chi connectivity index (χ0v) is 15.6. The minimum Gasteiger partial charge on any atom is -0.253 e. The van der Waals surface area contributed by atoms with E-state index in [1.807, 2.05) is 6.07 Å². The quantitative estimate of drug-likeness (QED) is 0.332. The Morgan fingerprint density at radius 3 is 2.21 bits per heavy atom. The van der Waals surface area contributed by atoms with E-state index in [-0.39, 0.29) is 0 Å². The molecule has 2 aromatic heterocycles. The van der Waals surface area contributed by atoms with E-state index in [2.05, 4.69) is 72.8 Å². The maximum absolute atomic E-state index is 4.92. The third-order valence-electron chi connectivity index (χ3n) is 6.10. The molecule has 2 heterocycles. The Morgan fingerprint density at radius 2 is 1.36 bits per heavy atom. The van der Waals surface area contributed by atoms with Crippen LogP contribution in [-0.4, -0.2) is 9.97 Å². The molecule has 1 aliphatic rings. The summed E-state index contributed by atoms with van der Waals surface area (Å²) >= 11 is 0. The third-order valence-corrected chi connectivity index (χ3v) is 6.10. The first-order valence-electron chi connectivity index (χ1n) is 10.0. The molecule has 0 saturated heterocycles. The highest BCUT2D eigenvalue weighted by Crippen LogP contribution is 2.34. The number of rotatable bonds is 1. The fourth-order valence-electron chi connectivity index (χ4n) is 4.61. The Kier molecular flexibility index (Phi) is 3.45. The molecule has 28 heavy (non-hydrogen) atoms. The topological polar surface area (TPSA) is 25.8 Å². The summed E-state index contributed by atoms with van der Waals surface area (Å²) in [6, 6.07) is 28.2. The number of hydrogen-bond donors (Lipinski definition) is 0. The van der Waals surface area contributed by atoms with Crippen molar-refractivity contribution in [1.82, 2.24) is 9.97 Å². The molecular weight excluding hydrogens is 340 g/mol. The van der Waals surface area contributed by atoms with Gasteiger partial charge in [0.15, 0.2) is 0 Å². The van der Waals surface area contributed by atoms with Crippen LogP contribution in [0.5, 0.6) is 0 Å². The molecule has 0 fully saturated rings. The van der Waals surface area contributed by atoms with Crippen molar-refractivity contribution in [2.24, 2.45) is 0 Å². The molecule has 5 aromatic rings. The number of benzene rings is 3. The zero-order valence-electron chi connectivity index (χ0n) is 15.6. The number of para-hydroxylation sites is 2. The number of fused-ring (bicyclic) bond motifs is 4. The van der Waals surface area contributed by atoms with Gasteiger partial charge in [-0.3, -0.25) is 4.98 Å². The first-order chi connectivity index (χ1) is 13.8. The van der Waals surface area contributed by atoms with E-state index in [1.165, 1.54) is 33.0 Å². The standard InChI is InChI=1S/C26H20N2/c1-3-7-23-19(5-1)15-21-13-17(9-11-25(21)27-23)18-10-12-26-22(14-18)16-20-6-2-4-8-24(20)28-26/h1-9,11,13,15-16,18H,10,12,14H2. The van der Waals surface area contributed by atoms with Crippen LogP contribution >= 0.6 is 0 Å². The van der Waals surface area contributed by atoms with Gasteiger partial charge < -0.3 is 0 Å². The zero-order chi connectivity index (χ0) is 18.5. The minimum absolute atomic E-state index is 0.548. The van der Waals surface area contributed by atoms with Gasteiger partial charge in [-0.15, -0.1) is 0 Å². The maximum Gasteiger partial charge on any atom is 0.0709 e. The van der Waals surface area contributed by atoms with Crippen molar-refractivity contribution in [1.29, 1.82) is 0 Å². The van der Waals surface area contributed by atoms with E-state index >= 15 is 0 Å². The second kappa shape index (κ2) is 6.13. The van der Waals surface area contributed by atoms with Crippen LogP contribution in [0.25, 0.3) is 32.7 Å². The molecule has 1 unspecified atom stereocenters. The SMILES string of the molecule is c1ccc2nc3c(cc2c1)CC(c1ccc2nc4ccccc4cc2c1)CC3. The lowest BCUT2D eigenvalue weighted by Crippen LogP contribution is -2.14. The Morgan fingerprint density at radius 1 is 0.643 bits per heavy atom. The van der Waals surface area contributed by atoms with Crippen LogP contribution in [0.3, 0.4) is 0 Å². The van der Waals surface area contributed by atoms with E-state index < -0.39 is 0 Å². The van der Waals surface area contributed by atoms with Gasteiger partial charge in [-0.05, 0) is 72.7 Å². The molecule has 0 radical (unpaired) electrons. The van der Waals surface area contributed by atoms with Crippen LogP contribution in [0.1, 0.15) is 29.2 Å². The molecule has 6 rings (SSSR count). The molecule has 2 nitrogen and oxygen atoms in total. The summed E-state index contributed by atoms with van der Waals surface area (Å²) in [5.41, 5.74) is 7.36. The Balaban J connectivity index is 1.40. The molecule has 0 amide bonds. The van der Waals surface area contributed by atoms with Crippen molar-refractivity contribution in [3.8, 4) is 0 Å². The highest BCUT2D eigenvalue weighted by Gasteiger charge is 2.22. The highest BCUT2D eigenvalue weighted by atomic mass is 14.7. The van der Waals surface area contributed by atoms with Crippen LogP contribution in [0.4, 0.5) is 0 Å². The molecule has 0 aliphatic heterocycles. The summed E-state index contributed by atoms with van der Waals surface area (Å²) in [6.45, 7) is 0. The Bertz CT molecular complexity index is 1350. The Labute approximate surface area is 163 Å². The molecular formula is C26H20N2. The van der Waals surface area contributed by atoms with Gasteiger partial charge in [0.2, 0.25) is 0 Å². The lowest BCUT2D eigenvalue weighted by atomic mass is 9.81. The fraction of sp³-hybridized carbons (Fsp3) is 0.154. The first kappa shape index (κ1) is 15.8. The largest absolute Gasteiger partial charge is 0.253 e. The van der Waals surface area contributed by atoms with Crippen molar-refractivity contribution in [2.45, 2.75) is 25.2 Å². The van der Waals surface area contributed by atoms with E-state index in [9.17, 15) is 0 Å². The molecule has 134 valence electrons. The van der Waals surface area contributed by atoms with Gasteiger partial charge in [0.05, 0.1) is 16.6 Å². The van der Waals surface area contributed by atoms with Crippen LogP contribution in [-0.2, 0) is 12.8 Å². The third kappa shape index (κ3) is 2.56. The second-order valence-electron chi connectivity index (χ2n) is 7.86. The number of hydrogen-bond acceptors (Lipinski definition) is 2. The summed E-state index contributed by atoms with van der Waals surface area (Å²) < 4.78 is 0. The van der Waals surface area contributed by atoms with Gasteiger partial charge in [-0.1, -0.05) is 42.5 Å². The highest BCUT2D eigenvalue weighted by molar-refractivity contribution is 5.93. The van der Waals surface area contributed by atoms with Gasteiger partial charge in [0, 0.05) is 21.9 Å². The summed E-state index contributed by atoms with van der Waals surface area (Å²) in [6.07, 6.45) is 3.28. The van der Waals surface area contributed by atoms with Gasteiger partial charge in [-0.2, -0.15) is 0 Å². The maximum atomic E-state index is 4.92. The van der Waals surface area contributed by atoms with Gasteiger partial charge >= 0.3 is 0 Å². The molecule has 3 aromatic carbocycles. The van der Waals surface area contributed by atoms with E-state index in [0.717, 1.165) is 35.8 Å². The fourth-order valence-corrected chi connectivity index (χ4v) is 4.61. The van der Waals surface area contributed by atoms with Gasteiger partial charge in [-0.25, -0.2) is 4.98 Å². The smallest absolute Gasteiger partial charge is 0.0709 e. The minimum atomic E-state index is 0.548. The van der Waals surface area contributed by atoms with Gasteiger partial charge in [0.1, 0.15) is 0 Å². The molecule has 0 bridgehead atoms. The summed E-state index contributed by atoms with van der Waals surface area (Å²) in [7, 11) is 0. The van der Waals surface area contributed by atoms with E-state index in [0.29, 0.717) is 5.92 Å². The van der Waals surface area contributed by atoms with Crippen molar-refractivity contribution in [3.05, 3.63) is 95.7 Å². The normalized spacial score (nSPS) is 16.5. The average Bonchev–Trinajstić information content (AvgIpc) is 2.75. The lowest BCUT2D eigenvalue weighted by molar-refractivity contribution is 0.577. The molecule has 1 aliphatic carbocycles. The van der Waals surface area contributed by atoms with Crippen LogP contribution < -0.4 is 0 Å². The van der Waals surface area contributed by atoms with E-state index in [1.54, 1.807) is 0 Å². The molecule has 0 spiro atoms. The number of aromatic nitrogens is 2. The van der Waals surface area contributed by atoms with Crippen LogP contribution in [0.15, 0.2) is 78.9 Å². The molecule has 2 heteroatoms. The lowest BCUT2D eigenvalue weighted by Gasteiger charge is -2.25. The van der Waals surface area contributed by atoms with Gasteiger partial charge in [0.25, 0.3) is 0 Å². The van der Waals surface area contributed by atoms with Crippen molar-refractivity contribution in [3.63, 3.8) is 0 Å². The number of pyridine rings is 2. The second-order valence-corrected chi connectivity index (χ2v) is 7.86. The van der Waals surface area contributed by atoms with Crippen molar-refractivity contribution < 1.29 is 0 Å². The summed E-state index contributed by atoms with van der Waals surface area (Å²) in [4.78, 5) is 9.74. The summed E-state index contributed by atoms with van der Waals surface area (Å²) in [5, 5.41) is 3.69. The Hall–Kier alpha value is -3.26. The predicted molar refractivity (Wildman–Crippen MR) is 116 cm³/mol. The molecule has 0 N–H and O–H groups in total. The van der Waals surface area contributed by atoms with Crippen molar-refractivity contribution >= 4 is 32.7 Å². The number of nitrogens with zero attached hydrogens (tertiary/aromatic N) is 2. The van der Waals surface area contributed by atoms with Crippen LogP contribution in [0.2, 0.25) is 0 Å². The van der Waals surface area contributed by atoms with Crippen molar-refractivity contribution in [2.75, 3.05) is 0 Å². The number of aryl methyl sites for hydroxylation is 1. The average molecular weight is 360 g/mol. The predicted octanol–water partition coefficient (Wildman–Crippen LogP) is 6.21. The summed E-state index contributed by atoms with van der Waals surface area (Å²) in [5.74, 6) is 0.548. The first-order valence-corrected chi connectivity index (χ1v) is 10.0. The monoisotopic (exact) mass is 360 g/mol. The molecule has 0 saturated carbocycles. The van der Waals surface area contributed by atoms with E-state index in [4.69, 9.17) is 9.97 Å². The molecule has 1 atom stereocenters.